The molecule has 4 aliphatic rings. The number of aromatic nitrogens is 1. The van der Waals surface area contributed by atoms with Gasteiger partial charge in [-0.3, -0.25) is 4.98 Å². The molecule has 1 aromatic heterocycles. The highest BCUT2D eigenvalue weighted by Crippen LogP contribution is 2.55. The Morgan fingerprint density at radius 2 is 1.86 bits per heavy atom. The van der Waals surface area contributed by atoms with Gasteiger partial charge in [-0.25, -0.2) is 10.2 Å². The standard InChI is InChI=1S/C17H22N4O/c22-16(21-19-11-15-3-1-2-4-18-15)20-17-8-12-5-13(9-17)7-14(6-12)10-17/h1-4,11-14H,5-10H2,(H2,20,21,22)/b19-11+. The fraction of sp³-hybridized carbons (Fsp3) is 0.588. The van der Waals surface area contributed by atoms with Crippen molar-refractivity contribution in [2.24, 2.45) is 22.9 Å². The lowest BCUT2D eigenvalue weighted by atomic mass is 9.53. The summed E-state index contributed by atoms with van der Waals surface area (Å²) >= 11 is 0. The van der Waals surface area contributed by atoms with E-state index in [-0.39, 0.29) is 11.6 Å². The molecule has 5 nitrogen and oxygen atoms in total. The molecule has 4 fully saturated rings. The molecule has 2 amide bonds. The third-order valence-corrected chi connectivity index (χ3v) is 5.47. The summed E-state index contributed by atoms with van der Waals surface area (Å²) in [4.78, 5) is 16.3. The lowest BCUT2D eigenvalue weighted by Gasteiger charge is -2.56. The Morgan fingerprint density at radius 3 is 2.45 bits per heavy atom. The first-order chi connectivity index (χ1) is 10.7. The van der Waals surface area contributed by atoms with Crippen LogP contribution in [0.15, 0.2) is 29.5 Å². The molecule has 5 heteroatoms. The van der Waals surface area contributed by atoms with E-state index in [2.05, 4.69) is 20.8 Å². The van der Waals surface area contributed by atoms with Crippen LogP contribution in [0.5, 0.6) is 0 Å². The van der Waals surface area contributed by atoms with Crippen LogP contribution in [0.2, 0.25) is 0 Å². The zero-order valence-corrected chi connectivity index (χ0v) is 12.7. The second-order valence-electron chi connectivity index (χ2n) is 7.28. The molecule has 0 saturated heterocycles. The van der Waals surface area contributed by atoms with Gasteiger partial charge in [-0.1, -0.05) is 6.07 Å². The van der Waals surface area contributed by atoms with Crippen LogP contribution in [-0.2, 0) is 0 Å². The molecule has 0 unspecified atom stereocenters. The number of nitrogens with zero attached hydrogens (tertiary/aromatic N) is 2. The molecule has 2 N–H and O–H groups in total. The Labute approximate surface area is 130 Å². The molecule has 1 heterocycles. The summed E-state index contributed by atoms with van der Waals surface area (Å²) in [6, 6.07) is 5.41. The molecule has 116 valence electrons. The van der Waals surface area contributed by atoms with Crippen molar-refractivity contribution in [3.05, 3.63) is 30.1 Å². The smallest absolute Gasteiger partial charge is 0.331 e. The van der Waals surface area contributed by atoms with Crippen LogP contribution in [-0.4, -0.2) is 22.8 Å². The second kappa shape index (κ2) is 5.38. The molecule has 0 aromatic carbocycles. The number of amides is 2. The zero-order chi connectivity index (χ0) is 15.0. The van der Waals surface area contributed by atoms with Crippen LogP contribution in [0.25, 0.3) is 0 Å². The molecule has 5 rings (SSSR count). The number of hydrogen-bond acceptors (Lipinski definition) is 3. The maximum absolute atomic E-state index is 12.2. The highest BCUT2D eigenvalue weighted by molar-refractivity contribution is 5.80. The number of carbonyl (C=O) groups is 1. The van der Waals surface area contributed by atoms with Crippen LogP contribution in [0.4, 0.5) is 4.79 Å². The van der Waals surface area contributed by atoms with Gasteiger partial charge < -0.3 is 5.32 Å². The third kappa shape index (κ3) is 2.72. The number of urea groups is 1. The summed E-state index contributed by atoms with van der Waals surface area (Å²) in [6.45, 7) is 0. The van der Waals surface area contributed by atoms with Crippen LogP contribution in [0.1, 0.15) is 44.2 Å². The largest absolute Gasteiger partial charge is 0.335 e. The third-order valence-electron chi connectivity index (χ3n) is 5.47. The van der Waals surface area contributed by atoms with Crippen LogP contribution in [0, 0.1) is 17.8 Å². The maximum Gasteiger partial charge on any atom is 0.335 e. The number of carbonyl (C=O) groups excluding carboxylic acids is 1. The van der Waals surface area contributed by atoms with Crippen LogP contribution >= 0.6 is 0 Å². The monoisotopic (exact) mass is 298 g/mol. The molecule has 4 bridgehead atoms. The normalized spacial score (nSPS) is 35.7. The van der Waals surface area contributed by atoms with Crippen molar-refractivity contribution in [1.29, 1.82) is 0 Å². The zero-order valence-electron chi connectivity index (χ0n) is 12.7. The molecular weight excluding hydrogens is 276 g/mol. The first-order valence-electron chi connectivity index (χ1n) is 8.23. The number of hydrazone groups is 1. The first-order valence-corrected chi connectivity index (χ1v) is 8.23. The first kappa shape index (κ1) is 13.7. The summed E-state index contributed by atoms with van der Waals surface area (Å²) in [7, 11) is 0. The van der Waals surface area contributed by atoms with E-state index in [1.807, 2.05) is 18.2 Å². The Bertz CT molecular complexity index is 548. The van der Waals surface area contributed by atoms with Gasteiger partial charge in [-0.2, -0.15) is 5.10 Å². The fourth-order valence-electron chi connectivity index (χ4n) is 5.14. The van der Waals surface area contributed by atoms with Crippen molar-refractivity contribution >= 4 is 12.2 Å². The highest BCUT2D eigenvalue weighted by atomic mass is 16.2. The van der Waals surface area contributed by atoms with Crippen molar-refractivity contribution in [3.63, 3.8) is 0 Å². The topological polar surface area (TPSA) is 66.4 Å². The van der Waals surface area contributed by atoms with E-state index in [1.54, 1.807) is 12.4 Å². The van der Waals surface area contributed by atoms with Crippen molar-refractivity contribution in [2.45, 2.75) is 44.1 Å². The van der Waals surface area contributed by atoms with Crippen molar-refractivity contribution in [3.8, 4) is 0 Å². The van der Waals surface area contributed by atoms with Gasteiger partial charge in [-0.05, 0) is 68.4 Å². The van der Waals surface area contributed by atoms with Crippen LogP contribution < -0.4 is 10.7 Å². The molecule has 4 saturated carbocycles. The molecule has 0 aliphatic heterocycles. The van der Waals surface area contributed by atoms with E-state index in [0.717, 1.165) is 42.7 Å². The summed E-state index contributed by atoms with van der Waals surface area (Å²) in [5, 5.41) is 7.22. The van der Waals surface area contributed by atoms with E-state index in [0.29, 0.717) is 0 Å². The van der Waals surface area contributed by atoms with Gasteiger partial charge in [0.2, 0.25) is 0 Å². The molecule has 1 aromatic rings. The van der Waals surface area contributed by atoms with E-state index in [9.17, 15) is 4.79 Å². The SMILES string of the molecule is O=C(N/N=C/c1ccccn1)NC12CC3CC(CC(C3)C1)C2. The Kier molecular flexibility index (Phi) is 3.36. The van der Waals surface area contributed by atoms with Gasteiger partial charge in [0, 0.05) is 11.7 Å². The summed E-state index contributed by atoms with van der Waals surface area (Å²) in [5.41, 5.74) is 3.35. The number of hydrogen-bond donors (Lipinski definition) is 2. The van der Waals surface area contributed by atoms with Gasteiger partial charge in [0.05, 0.1) is 11.9 Å². The Hall–Kier alpha value is -1.91. The van der Waals surface area contributed by atoms with Gasteiger partial charge in [0.1, 0.15) is 0 Å². The van der Waals surface area contributed by atoms with Crippen molar-refractivity contribution < 1.29 is 4.79 Å². The van der Waals surface area contributed by atoms with E-state index in [4.69, 9.17) is 0 Å². The molecule has 0 spiro atoms. The van der Waals surface area contributed by atoms with Crippen molar-refractivity contribution in [2.75, 3.05) is 0 Å². The molecular formula is C17H22N4O. The number of rotatable bonds is 3. The van der Waals surface area contributed by atoms with E-state index in [1.165, 1.54) is 19.3 Å². The lowest BCUT2D eigenvalue weighted by Crippen LogP contribution is -2.61. The molecule has 0 radical (unpaired) electrons. The Morgan fingerprint density at radius 1 is 1.18 bits per heavy atom. The minimum Gasteiger partial charge on any atom is -0.331 e. The molecule has 22 heavy (non-hydrogen) atoms. The predicted octanol–water partition coefficient (Wildman–Crippen LogP) is 2.68. The lowest BCUT2D eigenvalue weighted by molar-refractivity contribution is -0.0135. The summed E-state index contributed by atoms with van der Waals surface area (Å²) < 4.78 is 0. The van der Waals surface area contributed by atoms with Crippen LogP contribution in [0.3, 0.4) is 0 Å². The second-order valence-corrected chi connectivity index (χ2v) is 7.28. The Balaban J connectivity index is 1.35. The number of pyridine rings is 1. The maximum atomic E-state index is 12.2. The van der Waals surface area contributed by atoms with Gasteiger partial charge in [-0.15, -0.1) is 0 Å². The van der Waals surface area contributed by atoms with Gasteiger partial charge >= 0.3 is 6.03 Å². The van der Waals surface area contributed by atoms with E-state index >= 15 is 0 Å². The summed E-state index contributed by atoms with van der Waals surface area (Å²) in [5.74, 6) is 2.47. The average Bonchev–Trinajstić information content (AvgIpc) is 2.46. The van der Waals surface area contributed by atoms with Gasteiger partial charge in [0.25, 0.3) is 0 Å². The average molecular weight is 298 g/mol. The molecule has 4 aliphatic carbocycles. The minimum atomic E-state index is -0.186. The number of nitrogens with one attached hydrogen (secondary N) is 2. The highest BCUT2D eigenvalue weighted by Gasteiger charge is 2.51. The quantitative estimate of drug-likeness (QED) is 0.665. The fourth-order valence-corrected chi connectivity index (χ4v) is 5.14. The minimum absolute atomic E-state index is 0.0271. The predicted molar refractivity (Wildman–Crippen MR) is 84.4 cm³/mol. The van der Waals surface area contributed by atoms with Crippen molar-refractivity contribution in [1.82, 2.24) is 15.7 Å². The molecule has 0 atom stereocenters. The van der Waals surface area contributed by atoms with E-state index < -0.39 is 0 Å². The summed E-state index contributed by atoms with van der Waals surface area (Å²) in [6.07, 6.45) is 10.8. The van der Waals surface area contributed by atoms with Gasteiger partial charge in [0.15, 0.2) is 0 Å².